The molecule has 1 heterocycles. The van der Waals surface area contributed by atoms with Gasteiger partial charge in [0.1, 0.15) is 6.61 Å². The van der Waals surface area contributed by atoms with E-state index in [2.05, 4.69) is 4.99 Å². The number of carboxylic acid groups (broad SMARTS) is 1. The average Bonchev–Trinajstić information content (AvgIpc) is 2.82. The van der Waals surface area contributed by atoms with Gasteiger partial charge in [-0.2, -0.15) is 0 Å². The minimum absolute atomic E-state index is 0.223. The highest BCUT2D eigenvalue weighted by Gasteiger charge is 2.29. The van der Waals surface area contributed by atoms with Crippen molar-refractivity contribution in [2.75, 3.05) is 6.61 Å². The smallest absolute Gasteiger partial charge is 0.332 e. The summed E-state index contributed by atoms with van der Waals surface area (Å²) in [7, 11) is 0. The number of aliphatic imine (C=N–C) groups is 1. The molecule has 1 atom stereocenters. The Balaban J connectivity index is 1.94. The fourth-order valence-electron chi connectivity index (χ4n) is 2.62. The molecule has 2 rings (SSSR count). The van der Waals surface area contributed by atoms with Gasteiger partial charge in [-0.05, 0) is 12.8 Å². The van der Waals surface area contributed by atoms with Gasteiger partial charge in [0.25, 0.3) is 0 Å². The summed E-state index contributed by atoms with van der Waals surface area (Å²) in [6, 6.07) is -0.669. The van der Waals surface area contributed by atoms with E-state index in [4.69, 9.17) is 9.84 Å². The van der Waals surface area contributed by atoms with Crippen LogP contribution in [-0.4, -0.2) is 29.6 Å². The Hall–Kier alpha value is -1.06. The molecule has 0 amide bonds. The van der Waals surface area contributed by atoms with Gasteiger partial charge in [0.15, 0.2) is 11.9 Å². The molecule has 0 aromatic heterocycles. The van der Waals surface area contributed by atoms with Crippen LogP contribution in [0, 0.1) is 5.92 Å². The topological polar surface area (TPSA) is 58.9 Å². The van der Waals surface area contributed by atoms with Crippen LogP contribution in [0.25, 0.3) is 0 Å². The predicted octanol–water partition coefficient (Wildman–Crippen LogP) is 2.62. The van der Waals surface area contributed by atoms with Crippen LogP contribution >= 0.6 is 0 Å². The van der Waals surface area contributed by atoms with E-state index in [1.165, 1.54) is 38.5 Å². The lowest BCUT2D eigenvalue weighted by atomic mass is 9.97. The Morgan fingerprint density at radius 2 is 1.71 bits per heavy atom. The van der Waals surface area contributed by atoms with E-state index in [1.54, 1.807) is 0 Å². The maximum Gasteiger partial charge on any atom is 0.332 e. The Kier molecular flexibility index (Phi) is 4.40. The molecule has 1 saturated carbocycles. The molecule has 0 aromatic carbocycles. The van der Waals surface area contributed by atoms with Crippen LogP contribution in [0.2, 0.25) is 0 Å². The van der Waals surface area contributed by atoms with Crippen molar-refractivity contribution in [2.24, 2.45) is 10.9 Å². The minimum atomic E-state index is -0.872. The summed E-state index contributed by atoms with van der Waals surface area (Å²) < 4.78 is 5.47. The fraction of sp³-hybridized carbons (Fsp3) is 0.846. The third-order valence-corrected chi connectivity index (χ3v) is 3.66. The van der Waals surface area contributed by atoms with Gasteiger partial charge >= 0.3 is 5.97 Å². The van der Waals surface area contributed by atoms with Gasteiger partial charge in [-0.25, -0.2) is 9.79 Å². The van der Waals surface area contributed by atoms with E-state index in [1.807, 2.05) is 0 Å². The van der Waals surface area contributed by atoms with Crippen LogP contribution in [0.1, 0.15) is 51.4 Å². The SMILES string of the molecule is O=C(O)C1COC(C2CCCCCCCC2)=N1. The van der Waals surface area contributed by atoms with E-state index < -0.39 is 12.0 Å². The highest BCUT2D eigenvalue weighted by atomic mass is 16.5. The van der Waals surface area contributed by atoms with Gasteiger partial charge in [-0.15, -0.1) is 0 Å². The van der Waals surface area contributed by atoms with E-state index in [-0.39, 0.29) is 6.61 Å². The molecule has 1 unspecified atom stereocenters. The summed E-state index contributed by atoms with van der Waals surface area (Å²) >= 11 is 0. The van der Waals surface area contributed by atoms with Crippen molar-refractivity contribution in [3.63, 3.8) is 0 Å². The Morgan fingerprint density at radius 1 is 1.12 bits per heavy atom. The second kappa shape index (κ2) is 6.03. The second-order valence-corrected chi connectivity index (χ2v) is 5.03. The molecule has 17 heavy (non-hydrogen) atoms. The molecule has 2 aliphatic rings. The molecular formula is C13H21NO3. The molecule has 0 bridgehead atoms. The molecule has 1 fully saturated rings. The van der Waals surface area contributed by atoms with Gasteiger partial charge in [-0.3, -0.25) is 0 Å². The Morgan fingerprint density at radius 3 is 2.24 bits per heavy atom. The Bertz CT molecular complexity index is 291. The summed E-state index contributed by atoms with van der Waals surface area (Å²) in [5.41, 5.74) is 0. The molecule has 0 saturated heterocycles. The molecule has 4 nitrogen and oxygen atoms in total. The zero-order valence-electron chi connectivity index (χ0n) is 10.2. The summed E-state index contributed by atoms with van der Waals surface area (Å²) in [6.45, 7) is 0.223. The first-order chi connectivity index (χ1) is 8.27. The van der Waals surface area contributed by atoms with Crippen molar-refractivity contribution in [2.45, 2.75) is 57.4 Å². The first kappa shape index (κ1) is 12.4. The van der Waals surface area contributed by atoms with Crippen molar-refractivity contribution in [1.29, 1.82) is 0 Å². The maximum absolute atomic E-state index is 10.8. The second-order valence-electron chi connectivity index (χ2n) is 5.03. The van der Waals surface area contributed by atoms with Gasteiger partial charge in [0.2, 0.25) is 0 Å². The fourth-order valence-corrected chi connectivity index (χ4v) is 2.62. The predicted molar refractivity (Wildman–Crippen MR) is 65.2 cm³/mol. The van der Waals surface area contributed by atoms with Crippen LogP contribution in [-0.2, 0) is 9.53 Å². The number of nitrogens with zero attached hydrogens (tertiary/aromatic N) is 1. The highest BCUT2D eigenvalue weighted by Crippen LogP contribution is 2.25. The molecule has 1 aliphatic heterocycles. The monoisotopic (exact) mass is 239 g/mol. The van der Waals surface area contributed by atoms with E-state index in [9.17, 15) is 4.79 Å². The normalized spacial score (nSPS) is 27.5. The Labute approximate surface area is 102 Å². The number of hydrogen-bond acceptors (Lipinski definition) is 3. The number of ether oxygens (including phenoxy) is 1. The van der Waals surface area contributed by atoms with Crippen LogP contribution in [0.5, 0.6) is 0 Å². The number of carboxylic acids is 1. The number of carbonyl (C=O) groups is 1. The first-order valence-corrected chi connectivity index (χ1v) is 6.70. The maximum atomic E-state index is 10.8. The third kappa shape index (κ3) is 3.45. The molecule has 0 radical (unpaired) electrons. The van der Waals surface area contributed by atoms with Gasteiger partial charge in [0, 0.05) is 5.92 Å². The molecule has 1 N–H and O–H groups in total. The van der Waals surface area contributed by atoms with Crippen LogP contribution in [0.15, 0.2) is 4.99 Å². The zero-order chi connectivity index (χ0) is 12.1. The largest absolute Gasteiger partial charge is 0.480 e. The molecule has 1 aliphatic carbocycles. The van der Waals surface area contributed by atoms with Crippen molar-refractivity contribution in [3.8, 4) is 0 Å². The number of rotatable bonds is 2. The summed E-state index contributed by atoms with van der Waals surface area (Å²) in [5.74, 6) is 0.194. The van der Waals surface area contributed by atoms with Gasteiger partial charge < -0.3 is 9.84 Å². The summed E-state index contributed by atoms with van der Waals surface area (Å²) in [6.07, 6.45) is 9.86. The van der Waals surface area contributed by atoms with Crippen molar-refractivity contribution < 1.29 is 14.6 Å². The molecule has 0 spiro atoms. The van der Waals surface area contributed by atoms with E-state index in [0.717, 1.165) is 12.8 Å². The molecule has 96 valence electrons. The lowest BCUT2D eigenvalue weighted by molar-refractivity contribution is -0.138. The molecule has 0 aromatic rings. The highest BCUT2D eigenvalue weighted by molar-refractivity contribution is 5.86. The molecule has 4 heteroatoms. The lowest BCUT2D eigenvalue weighted by Crippen LogP contribution is -2.18. The summed E-state index contributed by atoms with van der Waals surface area (Å²) in [5, 5.41) is 8.89. The quantitative estimate of drug-likeness (QED) is 0.805. The molecular weight excluding hydrogens is 218 g/mol. The standard InChI is InChI=1S/C13H21NO3/c15-13(16)11-9-17-12(14-11)10-7-5-3-1-2-4-6-8-10/h10-11H,1-9H2,(H,15,16). The van der Waals surface area contributed by atoms with Crippen molar-refractivity contribution in [3.05, 3.63) is 0 Å². The van der Waals surface area contributed by atoms with Gasteiger partial charge in [-0.1, -0.05) is 38.5 Å². The van der Waals surface area contributed by atoms with Gasteiger partial charge in [0.05, 0.1) is 0 Å². The van der Waals surface area contributed by atoms with Crippen LogP contribution in [0.3, 0.4) is 0 Å². The van der Waals surface area contributed by atoms with Crippen molar-refractivity contribution >= 4 is 11.9 Å². The minimum Gasteiger partial charge on any atom is -0.480 e. The third-order valence-electron chi connectivity index (χ3n) is 3.66. The van der Waals surface area contributed by atoms with Crippen LogP contribution < -0.4 is 0 Å². The van der Waals surface area contributed by atoms with E-state index >= 15 is 0 Å². The number of aliphatic carboxylic acids is 1. The van der Waals surface area contributed by atoms with Crippen molar-refractivity contribution in [1.82, 2.24) is 0 Å². The zero-order valence-corrected chi connectivity index (χ0v) is 10.2. The lowest BCUT2D eigenvalue weighted by Gasteiger charge is -2.14. The average molecular weight is 239 g/mol. The van der Waals surface area contributed by atoms with Crippen LogP contribution in [0.4, 0.5) is 0 Å². The number of hydrogen-bond donors (Lipinski definition) is 1. The summed E-state index contributed by atoms with van der Waals surface area (Å²) in [4.78, 5) is 15.0. The van der Waals surface area contributed by atoms with E-state index in [0.29, 0.717) is 11.8 Å². The first-order valence-electron chi connectivity index (χ1n) is 6.70.